The SMILES string of the molecule is Cc1ccc(CCCNC(=O)C2CCN(S(C)(=O)=O)c3cc(Cl)ccc3O2)cc1. The molecule has 1 atom stereocenters. The Balaban J connectivity index is 1.61. The largest absolute Gasteiger partial charge is 0.478 e. The molecule has 29 heavy (non-hydrogen) atoms. The van der Waals surface area contributed by atoms with Crippen LogP contribution in [-0.2, 0) is 21.2 Å². The van der Waals surface area contributed by atoms with E-state index in [1.807, 2.05) is 6.92 Å². The molecule has 1 aliphatic rings. The maximum Gasteiger partial charge on any atom is 0.261 e. The second-order valence-corrected chi connectivity index (χ2v) is 9.57. The van der Waals surface area contributed by atoms with Crippen molar-refractivity contribution in [1.29, 1.82) is 0 Å². The lowest BCUT2D eigenvalue weighted by Crippen LogP contribution is -2.40. The molecule has 0 spiro atoms. The highest BCUT2D eigenvalue weighted by atomic mass is 35.5. The molecule has 3 rings (SSSR count). The molecule has 156 valence electrons. The normalized spacial score (nSPS) is 16.5. The van der Waals surface area contributed by atoms with E-state index < -0.39 is 16.1 Å². The summed E-state index contributed by atoms with van der Waals surface area (Å²) in [7, 11) is -3.52. The molecule has 0 radical (unpaired) electrons. The van der Waals surface area contributed by atoms with E-state index in [-0.39, 0.29) is 18.9 Å². The Kier molecular flexibility index (Phi) is 6.70. The number of aryl methyl sites for hydroxylation is 2. The number of carbonyl (C=O) groups is 1. The van der Waals surface area contributed by atoms with Crippen LogP contribution in [0, 0.1) is 6.92 Å². The number of sulfonamides is 1. The highest BCUT2D eigenvalue weighted by Gasteiger charge is 2.31. The van der Waals surface area contributed by atoms with Gasteiger partial charge in [0, 0.05) is 24.5 Å². The lowest BCUT2D eigenvalue weighted by Gasteiger charge is -2.21. The van der Waals surface area contributed by atoms with E-state index in [9.17, 15) is 13.2 Å². The molecule has 1 N–H and O–H groups in total. The van der Waals surface area contributed by atoms with Gasteiger partial charge < -0.3 is 10.1 Å². The van der Waals surface area contributed by atoms with Gasteiger partial charge in [-0.1, -0.05) is 41.4 Å². The Morgan fingerprint density at radius 2 is 1.97 bits per heavy atom. The van der Waals surface area contributed by atoms with Crippen LogP contribution in [0.5, 0.6) is 5.75 Å². The van der Waals surface area contributed by atoms with Crippen LogP contribution in [0.25, 0.3) is 0 Å². The van der Waals surface area contributed by atoms with Crippen molar-refractivity contribution in [3.8, 4) is 5.75 Å². The maximum atomic E-state index is 12.6. The molecular weight excluding hydrogens is 412 g/mol. The molecule has 0 saturated heterocycles. The number of benzene rings is 2. The standard InChI is InChI=1S/C21H25ClN2O4S/c1-15-5-7-16(8-6-15)4-3-12-23-21(25)20-11-13-24(29(2,26)27)18-14-17(22)9-10-19(18)28-20/h5-10,14,20H,3-4,11-13H2,1-2H3,(H,23,25). The minimum atomic E-state index is -3.52. The molecule has 1 aliphatic heterocycles. The highest BCUT2D eigenvalue weighted by molar-refractivity contribution is 7.92. The van der Waals surface area contributed by atoms with Gasteiger partial charge in [0.05, 0.1) is 11.9 Å². The highest BCUT2D eigenvalue weighted by Crippen LogP contribution is 2.36. The van der Waals surface area contributed by atoms with E-state index >= 15 is 0 Å². The van der Waals surface area contributed by atoms with E-state index in [1.165, 1.54) is 15.4 Å². The van der Waals surface area contributed by atoms with Crippen molar-refractivity contribution in [2.75, 3.05) is 23.7 Å². The summed E-state index contributed by atoms with van der Waals surface area (Å²) in [6.45, 7) is 2.72. The number of hydrogen-bond acceptors (Lipinski definition) is 4. The Morgan fingerprint density at radius 3 is 2.66 bits per heavy atom. The van der Waals surface area contributed by atoms with Crippen molar-refractivity contribution >= 4 is 33.2 Å². The van der Waals surface area contributed by atoms with Crippen molar-refractivity contribution in [2.45, 2.75) is 32.3 Å². The molecule has 1 unspecified atom stereocenters. The predicted octanol–water partition coefficient (Wildman–Crippen LogP) is 3.31. The smallest absolute Gasteiger partial charge is 0.261 e. The number of nitrogens with zero attached hydrogens (tertiary/aromatic N) is 1. The predicted molar refractivity (Wildman–Crippen MR) is 115 cm³/mol. The van der Waals surface area contributed by atoms with E-state index in [0.717, 1.165) is 19.1 Å². The molecule has 2 aromatic carbocycles. The van der Waals surface area contributed by atoms with Gasteiger partial charge in [-0.2, -0.15) is 0 Å². The molecule has 1 amide bonds. The van der Waals surface area contributed by atoms with Gasteiger partial charge in [0.15, 0.2) is 6.10 Å². The minimum Gasteiger partial charge on any atom is -0.478 e. The van der Waals surface area contributed by atoms with Crippen LogP contribution in [0.1, 0.15) is 24.0 Å². The van der Waals surface area contributed by atoms with Crippen molar-refractivity contribution in [2.24, 2.45) is 0 Å². The van der Waals surface area contributed by atoms with E-state index in [4.69, 9.17) is 16.3 Å². The van der Waals surface area contributed by atoms with Gasteiger partial charge in [-0.15, -0.1) is 0 Å². The van der Waals surface area contributed by atoms with Gasteiger partial charge in [-0.25, -0.2) is 8.42 Å². The summed E-state index contributed by atoms with van der Waals surface area (Å²) in [6.07, 6.45) is 2.30. The summed E-state index contributed by atoms with van der Waals surface area (Å²) in [5, 5.41) is 3.30. The third-order valence-corrected chi connectivity index (χ3v) is 6.22. The number of nitrogens with one attached hydrogen (secondary N) is 1. The molecule has 0 aromatic heterocycles. The van der Waals surface area contributed by atoms with Gasteiger partial charge in [0.25, 0.3) is 5.91 Å². The zero-order chi connectivity index (χ0) is 21.0. The van der Waals surface area contributed by atoms with Crippen LogP contribution in [-0.4, -0.2) is 39.8 Å². The van der Waals surface area contributed by atoms with Gasteiger partial charge in [-0.05, 0) is 43.5 Å². The first kappa shape index (κ1) is 21.5. The van der Waals surface area contributed by atoms with Gasteiger partial charge in [0.2, 0.25) is 10.0 Å². The second kappa shape index (κ2) is 9.05. The molecule has 6 nitrogen and oxygen atoms in total. The van der Waals surface area contributed by atoms with E-state index in [2.05, 4.69) is 29.6 Å². The Bertz CT molecular complexity index is 977. The molecule has 0 saturated carbocycles. The summed E-state index contributed by atoms with van der Waals surface area (Å²) in [5.41, 5.74) is 2.80. The molecule has 0 bridgehead atoms. The molecule has 0 fully saturated rings. The number of rotatable bonds is 6. The topological polar surface area (TPSA) is 75.7 Å². The van der Waals surface area contributed by atoms with E-state index in [1.54, 1.807) is 18.2 Å². The average molecular weight is 437 g/mol. The average Bonchev–Trinajstić information content (AvgIpc) is 2.85. The van der Waals surface area contributed by atoms with Gasteiger partial charge >= 0.3 is 0 Å². The minimum absolute atomic E-state index is 0.146. The first-order chi connectivity index (χ1) is 13.7. The molecule has 8 heteroatoms. The second-order valence-electron chi connectivity index (χ2n) is 7.22. The monoisotopic (exact) mass is 436 g/mol. The maximum absolute atomic E-state index is 12.6. The Labute approximate surface area is 176 Å². The van der Waals surface area contributed by atoms with Crippen LogP contribution in [0.4, 0.5) is 5.69 Å². The van der Waals surface area contributed by atoms with Crippen LogP contribution >= 0.6 is 11.6 Å². The zero-order valence-electron chi connectivity index (χ0n) is 16.5. The number of amides is 1. The fourth-order valence-electron chi connectivity index (χ4n) is 3.25. The summed E-state index contributed by atoms with van der Waals surface area (Å²) >= 11 is 6.03. The van der Waals surface area contributed by atoms with Crippen molar-refractivity contribution in [1.82, 2.24) is 5.32 Å². The number of hydrogen-bond donors (Lipinski definition) is 1. The van der Waals surface area contributed by atoms with Crippen LogP contribution in [0.2, 0.25) is 5.02 Å². The Morgan fingerprint density at radius 1 is 1.24 bits per heavy atom. The number of ether oxygens (including phenoxy) is 1. The lowest BCUT2D eigenvalue weighted by molar-refractivity contribution is -0.128. The van der Waals surface area contributed by atoms with E-state index in [0.29, 0.717) is 23.0 Å². The lowest BCUT2D eigenvalue weighted by atomic mass is 10.1. The first-order valence-electron chi connectivity index (χ1n) is 9.51. The summed E-state index contributed by atoms with van der Waals surface area (Å²) in [4.78, 5) is 12.6. The molecule has 2 aromatic rings. The number of fused-ring (bicyclic) bond motifs is 1. The quantitative estimate of drug-likeness (QED) is 0.705. The van der Waals surface area contributed by atoms with Crippen LogP contribution in [0.3, 0.4) is 0 Å². The van der Waals surface area contributed by atoms with Crippen molar-refractivity contribution in [3.05, 3.63) is 58.6 Å². The van der Waals surface area contributed by atoms with Gasteiger partial charge in [0.1, 0.15) is 5.75 Å². The number of halogens is 1. The third-order valence-electron chi connectivity index (χ3n) is 4.81. The summed E-state index contributed by atoms with van der Waals surface area (Å²) < 4.78 is 31.5. The molecule has 1 heterocycles. The van der Waals surface area contributed by atoms with Gasteiger partial charge in [-0.3, -0.25) is 9.10 Å². The summed E-state index contributed by atoms with van der Waals surface area (Å²) in [5.74, 6) is 0.0855. The fraction of sp³-hybridized carbons (Fsp3) is 0.381. The van der Waals surface area contributed by atoms with Crippen molar-refractivity contribution < 1.29 is 17.9 Å². The molecule has 0 aliphatic carbocycles. The van der Waals surface area contributed by atoms with Crippen molar-refractivity contribution in [3.63, 3.8) is 0 Å². The Hall–Kier alpha value is -2.25. The summed E-state index contributed by atoms with van der Waals surface area (Å²) in [6, 6.07) is 13.1. The number of anilines is 1. The zero-order valence-corrected chi connectivity index (χ0v) is 18.1. The third kappa shape index (κ3) is 5.64. The first-order valence-corrected chi connectivity index (χ1v) is 11.7. The fourth-order valence-corrected chi connectivity index (χ4v) is 4.36. The molecular formula is C21H25ClN2O4S. The van der Waals surface area contributed by atoms with Crippen LogP contribution < -0.4 is 14.4 Å². The van der Waals surface area contributed by atoms with Crippen LogP contribution in [0.15, 0.2) is 42.5 Å². The number of carbonyl (C=O) groups excluding carboxylic acids is 1.